The highest BCUT2D eigenvalue weighted by atomic mass is 79.9. The Morgan fingerprint density at radius 1 is 1.26 bits per heavy atom. The predicted molar refractivity (Wildman–Crippen MR) is 77.9 cm³/mol. The van der Waals surface area contributed by atoms with Crippen LogP contribution in [0, 0.1) is 5.82 Å². The van der Waals surface area contributed by atoms with E-state index in [0.717, 1.165) is 10.5 Å². The van der Waals surface area contributed by atoms with Crippen LogP contribution in [-0.4, -0.2) is 5.91 Å². The van der Waals surface area contributed by atoms with Crippen LogP contribution in [0.1, 0.15) is 10.4 Å². The highest BCUT2D eigenvalue weighted by molar-refractivity contribution is 9.10. The van der Waals surface area contributed by atoms with E-state index in [1.807, 2.05) is 0 Å². The van der Waals surface area contributed by atoms with Gasteiger partial charge in [0.25, 0.3) is 5.91 Å². The third kappa shape index (κ3) is 3.24. The van der Waals surface area contributed by atoms with E-state index in [-0.39, 0.29) is 10.6 Å². The van der Waals surface area contributed by atoms with Crippen LogP contribution in [0.2, 0.25) is 5.02 Å². The number of benzene rings is 2. The van der Waals surface area contributed by atoms with Gasteiger partial charge in [0.2, 0.25) is 0 Å². The van der Waals surface area contributed by atoms with Crippen molar-refractivity contribution in [2.45, 2.75) is 0 Å². The molecule has 3 nitrogen and oxygen atoms in total. The Labute approximate surface area is 122 Å². The monoisotopic (exact) mass is 342 g/mol. The molecule has 3 N–H and O–H groups in total. The van der Waals surface area contributed by atoms with Crippen LogP contribution in [0.5, 0.6) is 0 Å². The van der Waals surface area contributed by atoms with Crippen LogP contribution in [0.15, 0.2) is 40.9 Å². The van der Waals surface area contributed by atoms with Crippen molar-refractivity contribution in [1.82, 2.24) is 0 Å². The summed E-state index contributed by atoms with van der Waals surface area (Å²) in [6, 6.07) is 8.81. The van der Waals surface area contributed by atoms with Gasteiger partial charge >= 0.3 is 0 Å². The molecule has 0 radical (unpaired) electrons. The second-order valence-corrected chi connectivity index (χ2v) is 5.11. The lowest BCUT2D eigenvalue weighted by atomic mass is 10.2. The molecule has 0 fully saturated rings. The van der Waals surface area contributed by atoms with Crippen molar-refractivity contribution < 1.29 is 9.18 Å². The Morgan fingerprint density at radius 2 is 2.00 bits per heavy atom. The minimum absolute atomic E-state index is 0.0779. The first-order chi connectivity index (χ1) is 8.97. The summed E-state index contributed by atoms with van der Waals surface area (Å²) in [5, 5.41) is 2.80. The molecule has 2 aromatic carbocycles. The lowest BCUT2D eigenvalue weighted by Crippen LogP contribution is -2.13. The molecule has 2 rings (SSSR count). The van der Waals surface area contributed by atoms with Crippen LogP contribution in [0.3, 0.4) is 0 Å². The summed E-state index contributed by atoms with van der Waals surface area (Å²) in [4.78, 5) is 11.9. The first kappa shape index (κ1) is 13.8. The average molecular weight is 344 g/mol. The normalized spacial score (nSPS) is 10.3. The number of halogens is 3. The van der Waals surface area contributed by atoms with E-state index < -0.39 is 11.7 Å². The fourth-order valence-corrected chi connectivity index (χ4v) is 1.90. The van der Waals surface area contributed by atoms with Crippen molar-refractivity contribution >= 4 is 44.8 Å². The second kappa shape index (κ2) is 5.59. The van der Waals surface area contributed by atoms with Gasteiger partial charge in [-0.25, -0.2) is 4.39 Å². The summed E-state index contributed by atoms with van der Waals surface area (Å²) >= 11 is 8.87. The maximum absolute atomic E-state index is 13.6. The summed E-state index contributed by atoms with van der Waals surface area (Å²) in [5.74, 6) is -1.23. The van der Waals surface area contributed by atoms with Gasteiger partial charge in [-0.2, -0.15) is 0 Å². The first-order valence-corrected chi connectivity index (χ1v) is 6.46. The van der Waals surface area contributed by atoms with Crippen LogP contribution in [0.25, 0.3) is 0 Å². The molecule has 1 amide bonds. The van der Waals surface area contributed by atoms with Gasteiger partial charge in [0.05, 0.1) is 5.56 Å². The molecular formula is C13H9BrClFN2O. The smallest absolute Gasteiger partial charge is 0.258 e. The molecule has 0 heterocycles. The second-order valence-electron chi connectivity index (χ2n) is 3.81. The fraction of sp³-hybridized carbons (Fsp3) is 0. The van der Waals surface area contributed by atoms with E-state index >= 15 is 0 Å². The van der Waals surface area contributed by atoms with Gasteiger partial charge in [-0.15, -0.1) is 0 Å². The van der Waals surface area contributed by atoms with Crippen molar-refractivity contribution in [3.8, 4) is 0 Å². The minimum Gasteiger partial charge on any atom is -0.398 e. The molecule has 0 aliphatic heterocycles. The van der Waals surface area contributed by atoms with E-state index in [2.05, 4.69) is 21.2 Å². The molecular weight excluding hydrogens is 335 g/mol. The fourth-order valence-electron chi connectivity index (χ4n) is 1.49. The number of nitrogens with one attached hydrogen (secondary N) is 1. The van der Waals surface area contributed by atoms with Crippen molar-refractivity contribution in [2.75, 3.05) is 11.1 Å². The van der Waals surface area contributed by atoms with Crippen LogP contribution < -0.4 is 11.1 Å². The van der Waals surface area contributed by atoms with Crippen LogP contribution >= 0.6 is 27.5 Å². The van der Waals surface area contributed by atoms with Crippen molar-refractivity contribution in [3.05, 3.63) is 57.3 Å². The predicted octanol–water partition coefficient (Wildman–Crippen LogP) is 4.08. The zero-order chi connectivity index (χ0) is 14.0. The van der Waals surface area contributed by atoms with Gasteiger partial charge in [-0.1, -0.05) is 11.6 Å². The highest BCUT2D eigenvalue weighted by Crippen LogP contribution is 2.23. The Balaban J connectivity index is 2.23. The number of carbonyl (C=O) groups excluding carboxylic acids is 1. The third-order valence-electron chi connectivity index (χ3n) is 2.43. The Hall–Kier alpha value is -1.59. The van der Waals surface area contributed by atoms with Gasteiger partial charge in [-0.3, -0.25) is 4.79 Å². The number of hydrogen-bond donors (Lipinski definition) is 2. The molecule has 0 atom stereocenters. The molecule has 0 unspecified atom stereocenters. The molecule has 0 bridgehead atoms. The summed E-state index contributed by atoms with van der Waals surface area (Å²) in [6.07, 6.45) is 0. The van der Waals surface area contributed by atoms with Crippen molar-refractivity contribution in [1.29, 1.82) is 0 Å². The van der Waals surface area contributed by atoms with E-state index in [9.17, 15) is 9.18 Å². The lowest BCUT2D eigenvalue weighted by Gasteiger charge is -2.08. The van der Waals surface area contributed by atoms with Gasteiger partial charge < -0.3 is 11.1 Å². The number of amides is 1. The standard InChI is InChI=1S/C13H9BrClFN2O/c14-10-4-2-8(6-12(10)17)18-13(19)9-3-1-7(15)5-11(9)16/h1-6H,17H2,(H,18,19). The molecule has 0 aromatic heterocycles. The number of hydrogen-bond acceptors (Lipinski definition) is 2. The third-order valence-corrected chi connectivity index (χ3v) is 3.39. The molecule has 0 aliphatic carbocycles. The zero-order valence-corrected chi connectivity index (χ0v) is 11.9. The number of carbonyl (C=O) groups is 1. The van der Waals surface area contributed by atoms with Gasteiger partial charge in [0.15, 0.2) is 0 Å². The quantitative estimate of drug-likeness (QED) is 0.807. The lowest BCUT2D eigenvalue weighted by molar-refractivity contribution is 0.102. The van der Waals surface area contributed by atoms with Crippen LogP contribution in [-0.2, 0) is 0 Å². The zero-order valence-electron chi connectivity index (χ0n) is 9.58. The maximum atomic E-state index is 13.6. The molecule has 98 valence electrons. The molecule has 0 saturated carbocycles. The highest BCUT2D eigenvalue weighted by Gasteiger charge is 2.12. The summed E-state index contributed by atoms with van der Waals surface area (Å²) in [7, 11) is 0. The molecule has 19 heavy (non-hydrogen) atoms. The van der Waals surface area contributed by atoms with Crippen LogP contribution in [0.4, 0.5) is 15.8 Å². The minimum atomic E-state index is -0.671. The van der Waals surface area contributed by atoms with Crippen molar-refractivity contribution in [2.24, 2.45) is 0 Å². The Morgan fingerprint density at radius 3 is 2.63 bits per heavy atom. The van der Waals surface area contributed by atoms with Crippen molar-refractivity contribution in [3.63, 3.8) is 0 Å². The maximum Gasteiger partial charge on any atom is 0.258 e. The Bertz CT molecular complexity index is 649. The topological polar surface area (TPSA) is 55.1 Å². The van der Waals surface area contributed by atoms with E-state index in [1.165, 1.54) is 12.1 Å². The molecule has 2 aromatic rings. The number of nitrogen functional groups attached to an aromatic ring is 1. The molecule has 0 aliphatic rings. The van der Waals surface area contributed by atoms with E-state index in [4.69, 9.17) is 17.3 Å². The largest absolute Gasteiger partial charge is 0.398 e. The molecule has 0 saturated heterocycles. The summed E-state index contributed by atoms with van der Waals surface area (Å²) in [5.41, 5.74) is 6.58. The molecule has 6 heteroatoms. The first-order valence-electron chi connectivity index (χ1n) is 5.29. The van der Waals surface area contributed by atoms with Gasteiger partial charge in [0, 0.05) is 20.9 Å². The van der Waals surface area contributed by atoms with E-state index in [0.29, 0.717) is 11.4 Å². The number of anilines is 2. The van der Waals surface area contributed by atoms with E-state index in [1.54, 1.807) is 18.2 Å². The average Bonchev–Trinajstić information content (AvgIpc) is 2.33. The molecule has 0 spiro atoms. The number of rotatable bonds is 2. The summed E-state index contributed by atoms with van der Waals surface area (Å²) < 4.78 is 14.3. The van der Waals surface area contributed by atoms with Gasteiger partial charge in [0.1, 0.15) is 5.82 Å². The Kier molecular flexibility index (Phi) is 4.07. The summed E-state index contributed by atoms with van der Waals surface area (Å²) in [6.45, 7) is 0. The van der Waals surface area contributed by atoms with Gasteiger partial charge in [-0.05, 0) is 52.3 Å². The number of nitrogens with two attached hydrogens (primary N) is 1. The SMILES string of the molecule is Nc1cc(NC(=O)c2ccc(Cl)cc2F)ccc1Br.